The minimum atomic E-state index is -0.648. The van der Waals surface area contributed by atoms with Gasteiger partial charge in [0.05, 0.1) is 4.92 Å². The van der Waals surface area contributed by atoms with E-state index < -0.39 is 10.6 Å². The molecule has 7 heteroatoms. The van der Waals surface area contributed by atoms with Crippen LogP contribution in [0, 0.1) is 10.1 Å². The van der Waals surface area contributed by atoms with Crippen molar-refractivity contribution in [2.24, 2.45) is 0 Å². The Morgan fingerprint density at radius 1 is 1.24 bits per heavy atom. The van der Waals surface area contributed by atoms with E-state index in [1.807, 2.05) is 32.9 Å². The molecule has 7 nitrogen and oxygen atoms in total. The third kappa shape index (κ3) is 3.07. The van der Waals surface area contributed by atoms with Crippen LogP contribution in [0.1, 0.15) is 26.3 Å². The molecule has 0 saturated carbocycles. The van der Waals surface area contributed by atoms with Crippen molar-refractivity contribution in [3.63, 3.8) is 0 Å². The lowest BCUT2D eigenvalue weighted by Crippen LogP contribution is -2.13. The average molecular weight is 288 g/mol. The summed E-state index contributed by atoms with van der Waals surface area (Å²) < 4.78 is 5.64. The molecule has 2 aromatic rings. The first kappa shape index (κ1) is 14.7. The zero-order valence-corrected chi connectivity index (χ0v) is 12.0. The highest BCUT2D eigenvalue weighted by Crippen LogP contribution is 2.37. The molecule has 0 saturated heterocycles. The highest BCUT2D eigenvalue weighted by molar-refractivity contribution is 5.59. The maximum atomic E-state index is 11.1. The SMILES string of the molecule is CC(C)(C)c1ccccc1Oc1ncnc(N)c1[N+](=O)[O-]. The second-order valence-corrected chi connectivity index (χ2v) is 5.52. The number of para-hydroxylation sites is 1. The molecule has 1 aromatic heterocycles. The number of nitrogens with zero attached hydrogens (tertiary/aromatic N) is 3. The summed E-state index contributed by atoms with van der Waals surface area (Å²) >= 11 is 0. The molecule has 0 amide bonds. The molecule has 2 rings (SSSR count). The molecule has 0 atom stereocenters. The molecule has 0 radical (unpaired) electrons. The average Bonchev–Trinajstić information content (AvgIpc) is 2.37. The van der Waals surface area contributed by atoms with E-state index in [2.05, 4.69) is 9.97 Å². The third-order valence-corrected chi connectivity index (χ3v) is 2.90. The highest BCUT2D eigenvalue weighted by atomic mass is 16.6. The Labute approximate surface area is 121 Å². The summed E-state index contributed by atoms with van der Waals surface area (Å²) in [4.78, 5) is 17.9. The minimum absolute atomic E-state index is 0.163. The van der Waals surface area contributed by atoms with Gasteiger partial charge in [-0.1, -0.05) is 39.0 Å². The lowest BCUT2D eigenvalue weighted by atomic mass is 9.86. The van der Waals surface area contributed by atoms with Crippen LogP contribution >= 0.6 is 0 Å². The Balaban J connectivity index is 2.50. The second kappa shape index (κ2) is 5.35. The number of rotatable bonds is 3. The van der Waals surface area contributed by atoms with E-state index in [9.17, 15) is 10.1 Å². The predicted octanol–water partition coefficient (Wildman–Crippen LogP) is 3.06. The van der Waals surface area contributed by atoms with E-state index in [1.165, 1.54) is 0 Å². The number of nitro groups is 1. The van der Waals surface area contributed by atoms with Crippen LogP contribution in [0.25, 0.3) is 0 Å². The zero-order valence-electron chi connectivity index (χ0n) is 12.0. The van der Waals surface area contributed by atoms with Gasteiger partial charge >= 0.3 is 11.6 Å². The molecule has 110 valence electrons. The fourth-order valence-electron chi connectivity index (χ4n) is 1.90. The molecule has 2 N–H and O–H groups in total. The highest BCUT2D eigenvalue weighted by Gasteiger charge is 2.25. The van der Waals surface area contributed by atoms with Gasteiger partial charge in [-0.05, 0) is 11.5 Å². The van der Waals surface area contributed by atoms with Crippen molar-refractivity contribution in [3.05, 3.63) is 46.3 Å². The van der Waals surface area contributed by atoms with Gasteiger partial charge in [-0.15, -0.1) is 0 Å². The Morgan fingerprint density at radius 3 is 2.52 bits per heavy atom. The molecule has 0 aliphatic rings. The Hall–Kier alpha value is -2.70. The monoisotopic (exact) mass is 288 g/mol. The van der Waals surface area contributed by atoms with Gasteiger partial charge in [-0.3, -0.25) is 10.1 Å². The quantitative estimate of drug-likeness (QED) is 0.687. The fraction of sp³-hybridized carbons (Fsp3) is 0.286. The molecule has 21 heavy (non-hydrogen) atoms. The van der Waals surface area contributed by atoms with E-state index in [0.29, 0.717) is 5.75 Å². The summed E-state index contributed by atoms with van der Waals surface area (Å²) in [5.41, 5.74) is 5.83. The summed E-state index contributed by atoms with van der Waals surface area (Å²) in [6.07, 6.45) is 1.14. The summed E-state index contributed by atoms with van der Waals surface area (Å²) in [6, 6.07) is 7.32. The van der Waals surface area contributed by atoms with E-state index in [1.54, 1.807) is 12.1 Å². The first-order chi connectivity index (χ1) is 9.80. The van der Waals surface area contributed by atoms with E-state index in [4.69, 9.17) is 10.5 Å². The predicted molar refractivity (Wildman–Crippen MR) is 78.3 cm³/mol. The Kier molecular flexibility index (Phi) is 3.75. The van der Waals surface area contributed by atoms with Gasteiger partial charge in [0, 0.05) is 5.56 Å². The smallest absolute Gasteiger partial charge is 0.372 e. The number of benzene rings is 1. The van der Waals surface area contributed by atoms with Gasteiger partial charge in [0.15, 0.2) is 0 Å². The van der Waals surface area contributed by atoms with Crippen LogP contribution in [0.5, 0.6) is 11.6 Å². The van der Waals surface area contributed by atoms with Crippen molar-refractivity contribution < 1.29 is 9.66 Å². The first-order valence-corrected chi connectivity index (χ1v) is 6.33. The van der Waals surface area contributed by atoms with Gasteiger partial charge in [-0.25, -0.2) is 4.98 Å². The van der Waals surface area contributed by atoms with Crippen molar-refractivity contribution in [3.8, 4) is 11.6 Å². The van der Waals surface area contributed by atoms with Crippen LogP contribution < -0.4 is 10.5 Å². The van der Waals surface area contributed by atoms with Crippen LogP contribution in [-0.2, 0) is 5.41 Å². The molecule has 0 spiro atoms. The number of nitrogen functional groups attached to an aromatic ring is 1. The van der Waals surface area contributed by atoms with Crippen molar-refractivity contribution in [1.29, 1.82) is 0 Å². The molecule has 0 bridgehead atoms. The summed E-state index contributed by atoms with van der Waals surface area (Å²) in [5.74, 6) is 0.119. The first-order valence-electron chi connectivity index (χ1n) is 6.33. The van der Waals surface area contributed by atoms with Crippen LogP contribution in [0.4, 0.5) is 11.5 Å². The Morgan fingerprint density at radius 2 is 1.90 bits per heavy atom. The maximum Gasteiger partial charge on any atom is 0.372 e. The lowest BCUT2D eigenvalue weighted by Gasteiger charge is -2.22. The van der Waals surface area contributed by atoms with Crippen LogP contribution in [0.15, 0.2) is 30.6 Å². The van der Waals surface area contributed by atoms with Crippen LogP contribution in [0.2, 0.25) is 0 Å². The molecule has 0 aliphatic carbocycles. The standard InChI is InChI=1S/C14H16N4O3/c1-14(2,3)9-6-4-5-7-10(9)21-13-11(18(19)20)12(15)16-8-17-13/h4-8H,1-3H3,(H2,15,16,17). The van der Waals surface area contributed by atoms with Crippen molar-refractivity contribution >= 4 is 11.5 Å². The minimum Gasteiger partial charge on any atom is -0.433 e. The molecule has 0 fully saturated rings. The number of hydrogen-bond acceptors (Lipinski definition) is 6. The molecule has 0 aliphatic heterocycles. The van der Waals surface area contributed by atoms with Gasteiger partial charge in [0.1, 0.15) is 12.1 Å². The fourth-order valence-corrected chi connectivity index (χ4v) is 1.90. The summed E-state index contributed by atoms with van der Waals surface area (Å²) in [6.45, 7) is 6.08. The van der Waals surface area contributed by atoms with Gasteiger partial charge in [-0.2, -0.15) is 4.98 Å². The number of ether oxygens (including phenoxy) is 1. The van der Waals surface area contributed by atoms with Crippen molar-refractivity contribution in [1.82, 2.24) is 9.97 Å². The maximum absolute atomic E-state index is 11.1. The summed E-state index contributed by atoms with van der Waals surface area (Å²) in [7, 11) is 0. The van der Waals surface area contributed by atoms with E-state index >= 15 is 0 Å². The second-order valence-electron chi connectivity index (χ2n) is 5.52. The van der Waals surface area contributed by atoms with Crippen molar-refractivity contribution in [2.45, 2.75) is 26.2 Å². The van der Waals surface area contributed by atoms with Gasteiger partial charge in [0.25, 0.3) is 0 Å². The lowest BCUT2D eigenvalue weighted by molar-refractivity contribution is -0.385. The largest absolute Gasteiger partial charge is 0.433 e. The number of aromatic nitrogens is 2. The summed E-state index contributed by atoms with van der Waals surface area (Å²) in [5, 5.41) is 11.1. The number of hydrogen-bond donors (Lipinski definition) is 1. The van der Waals surface area contributed by atoms with Gasteiger partial charge in [0.2, 0.25) is 5.82 Å². The van der Waals surface area contributed by atoms with Crippen LogP contribution in [-0.4, -0.2) is 14.9 Å². The molecular weight excluding hydrogens is 272 g/mol. The topological polar surface area (TPSA) is 104 Å². The number of anilines is 1. The van der Waals surface area contributed by atoms with Crippen molar-refractivity contribution in [2.75, 3.05) is 5.73 Å². The zero-order chi connectivity index (χ0) is 15.6. The molecular formula is C14H16N4O3. The van der Waals surface area contributed by atoms with E-state index in [-0.39, 0.29) is 17.1 Å². The van der Waals surface area contributed by atoms with Gasteiger partial charge < -0.3 is 10.5 Å². The Bertz CT molecular complexity index is 680. The normalized spacial score (nSPS) is 11.2. The molecule has 1 heterocycles. The molecule has 0 unspecified atom stereocenters. The van der Waals surface area contributed by atoms with E-state index in [0.717, 1.165) is 11.9 Å². The van der Waals surface area contributed by atoms with Crippen LogP contribution in [0.3, 0.4) is 0 Å². The molecule has 1 aromatic carbocycles. The third-order valence-electron chi connectivity index (χ3n) is 2.90. The number of nitrogens with two attached hydrogens (primary N) is 1.